The summed E-state index contributed by atoms with van der Waals surface area (Å²) in [5, 5.41) is 0. The molecule has 0 aliphatic heterocycles. The third kappa shape index (κ3) is 4.85. The van der Waals surface area contributed by atoms with Gasteiger partial charge in [0.05, 0.1) is 23.7 Å². The van der Waals surface area contributed by atoms with Crippen LogP contribution in [-0.4, -0.2) is 26.5 Å². The van der Waals surface area contributed by atoms with E-state index in [9.17, 15) is 0 Å². The smallest absolute Gasteiger partial charge is 0.119 e. The van der Waals surface area contributed by atoms with Gasteiger partial charge in [-0.05, 0) is 90.0 Å². The highest BCUT2D eigenvalue weighted by Gasteiger charge is 2.36. The van der Waals surface area contributed by atoms with Gasteiger partial charge in [-0.3, -0.25) is 0 Å². The van der Waals surface area contributed by atoms with E-state index in [1.807, 2.05) is 19.1 Å². The van der Waals surface area contributed by atoms with Crippen molar-refractivity contribution in [2.45, 2.75) is 96.8 Å². The molecule has 0 bridgehead atoms. The lowest BCUT2D eigenvalue weighted by molar-refractivity contribution is 0.276. The standard InChI is InChI=1S/C31H40N4O/c1-5-31(30-34-22(4)28(35-30)24-11-13-25(14-12-24)36-6-2)17-8-7-9-23(16-18-31)29-26-19-21(3)10-15-27(26)32-20-33-29/h11-14,19-20,23H,5-10,15-18H2,1-4H3,(H,34,35). The zero-order valence-corrected chi connectivity index (χ0v) is 22.4. The SMILES string of the molecule is CCOc1ccc(-c2nc(C3(CC)CCCCC(c4ncnc5c4C=C(C)CC5)CC3)[nH]c2C)cc1. The van der Waals surface area contributed by atoms with Crippen molar-refractivity contribution < 1.29 is 4.74 Å². The summed E-state index contributed by atoms with van der Waals surface area (Å²) >= 11 is 0. The molecule has 2 aliphatic rings. The number of fused-ring (bicyclic) bond motifs is 1. The van der Waals surface area contributed by atoms with Crippen molar-refractivity contribution in [3.8, 4) is 17.0 Å². The number of nitrogens with zero attached hydrogens (tertiary/aromatic N) is 3. The van der Waals surface area contributed by atoms with Gasteiger partial charge in [0.25, 0.3) is 0 Å². The van der Waals surface area contributed by atoms with Crippen molar-refractivity contribution in [2.75, 3.05) is 6.61 Å². The van der Waals surface area contributed by atoms with Gasteiger partial charge in [-0.1, -0.05) is 31.4 Å². The number of hydrogen-bond donors (Lipinski definition) is 1. The third-order valence-electron chi connectivity index (χ3n) is 8.46. The zero-order valence-electron chi connectivity index (χ0n) is 22.4. The van der Waals surface area contributed by atoms with E-state index in [0.29, 0.717) is 12.5 Å². The lowest BCUT2D eigenvalue weighted by Gasteiger charge is -2.35. The molecule has 2 aliphatic carbocycles. The number of allylic oxidation sites excluding steroid dienone is 1. The number of aromatic nitrogens is 4. The van der Waals surface area contributed by atoms with Crippen LogP contribution in [-0.2, 0) is 11.8 Å². The molecule has 3 aromatic rings. The van der Waals surface area contributed by atoms with Crippen LogP contribution in [0, 0.1) is 6.92 Å². The summed E-state index contributed by atoms with van der Waals surface area (Å²) in [6, 6.07) is 8.33. The Bertz CT molecular complexity index is 1230. The van der Waals surface area contributed by atoms with E-state index in [1.54, 1.807) is 6.33 Å². The van der Waals surface area contributed by atoms with E-state index >= 15 is 0 Å². The van der Waals surface area contributed by atoms with E-state index in [1.165, 1.54) is 48.2 Å². The van der Waals surface area contributed by atoms with Crippen LogP contribution in [0.1, 0.15) is 107 Å². The van der Waals surface area contributed by atoms with E-state index in [0.717, 1.165) is 60.6 Å². The van der Waals surface area contributed by atoms with Gasteiger partial charge in [0.15, 0.2) is 0 Å². The molecule has 1 aromatic carbocycles. The van der Waals surface area contributed by atoms with E-state index in [2.05, 4.69) is 48.9 Å². The molecule has 1 saturated carbocycles. The van der Waals surface area contributed by atoms with Crippen LogP contribution in [0.25, 0.3) is 17.3 Å². The van der Waals surface area contributed by atoms with Gasteiger partial charge in [0.2, 0.25) is 0 Å². The maximum Gasteiger partial charge on any atom is 0.119 e. The number of hydrogen-bond acceptors (Lipinski definition) is 4. The predicted octanol–water partition coefficient (Wildman–Crippen LogP) is 7.71. The molecule has 5 heteroatoms. The van der Waals surface area contributed by atoms with Crippen molar-refractivity contribution in [1.29, 1.82) is 0 Å². The molecule has 2 heterocycles. The molecule has 0 amide bonds. The second-order valence-electron chi connectivity index (χ2n) is 10.7. The van der Waals surface area contributed by atoms with Crippen molar-refractivity contribution in [3.63, 3.8) is 0 Å². The molecule has 1 N–H and O–H groups in total. The number of benzene rings is 1. The Morgan fingerprint density at radius 2 is 1.83 bits per heavy atom. The zero-order chi connectivity index (χ0) is 25.1. The van der Waals surface area contributed by atoms with Crippen molar-refractivity contribution >= 4 is 6.08 Å². The Labute approximate surface area is 215 Å². The largest absolute Gasteiger partial charge is 0.494 e. The van der Waals surface area contributed by atoms with Crippen LogP contribution in [0.2, 0.25) is 0 Å². The summed E-state index contributed by atoms with van der Waals surface area (Å²) in [5.41, 5.74) is 8.68. The van der Waals surface area contributed by atoms with Gasteiger partial charge in [0, 0.05) is 28.2 Å². The van der Waals surface area contributed by atoms with E-state index in [4.69, 9.17) is 14.7 Å². The lowest BCUT2D eigenvalue weighted by Crippen LogP contribution is -2.29. The number of H-pyrrole nitrogens is 1. The highest BCUT2D eigenvalue weighted by molar-refractivity contribution is 5.63. The van der Waals surface area contributed by atoms with Crippen LogP contribution in [0.15, 0.2) is 36.2 Å². The summed E-state index contributed by atoms with van der Waals surface area (Å²) in [6.45, 7) is 9.42. The van der Waals surface area contributed by atoms with Crippen molar-refractivity contribution in [3.05, 3.63) is 64.6 Å². The molecule has 2 aromatic heterocycles. The Morgan fingerprint density at radius 1 is 1.00 bits per heavy atom. The number of ether oxygens (including phenoxy) is 1. The molecular formula is C31H40N4O. The van der Waals surface area contributed by atoms with Gasteiger partial charge in [0.1, 0.15) is 17.9 Å². The first kappa shape index (κ1) is 24.7. The van der Waals surface area contributed by atoms with Gasteiger partial charge in [-0.15, -0.1) is 0 Å². The molecule has 2 atom stereocenters. The van der Waals surface area contributed by atoms with Gasteiger partial charge in [-0.2, -0.15) is 0 Å². The second-order valence-corrected chi connectivity index (χ2v) is 10.7. The average molecular weight is 485 g/mol. The molecule has 1 fully saturated rings. The summed E-state index contributed by atoms with van der Waals surface area (Å²) in [4.78, 5) is 18.4. The molecule has 0 radical (unpaired) electrons. The quantitative estimate of drug-likeness (QED) is 0.389. The third-order valence-corrected chi connectivity index (χ3v) is 8.46. The maximum absolute atomic E-state index is 5.63. The minimum atomic E-state index is 0.0752. The Kier molecular flexibility index (Phi) is 7.27. The number of nitrogens with one attached hydrogen (secondary N) is 1. The summed E-state index contributed by atoms with van der Waals surface area (Å²) in [7, 11) is 0. The van der Waals surface area contributed by atoms with Gasteiger partial charge >= 0.3 is 0 Å². The number of imidazole rings is 1. The normalized spacial score (nSPS) is 22.3. The lowest BCUT2D eigenvalue weighted by atomic mass is 9.70. The van der Waals surface area contributed by atoms with Crippen LogP contribution >= 0.6 is 0 Å². The van der Waals surface area contributed by atoms with Crippen LogP contribution < -0.4 is 4.74 Å². The first-order chi connectivity index (χ1) is 17.5. The fraction of sp³-hybridized carbons (Fsp3) is 0.516. The first-order valence-corrected chi connectivity index (χ1v) is 13.8. The molecule has 0 spiro atoms. The second kappa shape index (κ2) is 10.6. The fourth-order valence-corrected chi connectivity index (χ4v) is 6.24. The first-order valence-electron chi connectivity index (χ1n) is 13.8. The molecular weight excluding hydrogens is 444 g/mol. The molecule has 2 unspecified atom stereocenters. The topological polar surface area (TPSA) is 63.7 Å². The molecule has 5 rings (SSSR count). The van der Waals surface area contributed by atoms with Crippen molar-refractivity contribution in [2.24, 2.45) is 0 Å². The van der Waals surface area contributed by atoms with Gasteiger partial charge < -0.3 is 9.72 Å². The van der Waals surface area contributed by atoms with Crippen LogP contribution in [0.5, 0.6) is 5.75 Å². The van der Waals surface area contributed by atoms with Crippen LogP contribution in [0.4, 0.5) is 0 Å². The highest BCUT2D eigenvalue weighted by atomic mass is 16.5. The molecule has 36 heavy (non-hydrogen) atoms. The van der Waals surface area contributed by atoms with E-state index < -0.39 is 0 Å². The number of aryl methyl sites for hydroxylation is 2. The molecule has 5 nitrogen and oxygen atoms in total. The monoisotopic (exact) mass is 484 g/mol. The Hall–Kier alpha value is -2.95. The molecule has 0 saturated heterocycles. The minimum absolute atomic E-state index is 0.0752. The summed E-state index contributed by atoms with van der Waals surface area (Å²) in [5.74, 6) is 2.55. The Morgan fingerprint density at radius 3 is 2.61 bits per heavy atom. The maximum atomic E-state index is 5.63. The predicted molar refractivity (Wildman–Crippen MR) is 146 cm³/mol. The Balaban J connectivity index is 1.42. The van der Waals surface area contributed by atoms with Gasteiger partial charge in [-0.25, -0.2) is 15.0 Å². The van der Waals surface area contributed by atoms with E-state index in [-0.39, 0.29) is 5.41 Å². The van der Waals surface area contributed by atoms with Crippen LogP contribution in [0.3, 0.4) is 0 Å². The van der Waals surface area contributed by atoms with Crippen molar-refractivity contribution in [1.82, 2.24) is 19.9 Å². The average Bonchev–Trinajstić information content (AvgIpc) is 3.27. The number of rotatable bonds is 6. The summed E-state index contributed by atoms with van der Waals surface area (Å²) in [6.07, 6.45) is 14.5. The minimum Gasteiger partial charge on any atom is -0.494 e. The fourth-order valence-electron chi connectivity index (χ4n) is 6.24. The number of aromatic amines is 1. The summed E-state index contributed by atoms with van der Waals surface area (Å²) < 4.78 is 5.63. The highest BCUT2D eigenvalue weighted by Crippen LogP contribution is 2.44. The molecule has 190 valence electrons.